The number of aromatic nitrogens is 1. The molecule has 0 aliphatic heterocycles. The van der Waals surface area contributed by atoms with Crippen LogP contribution in [0.3, 0.4) is 0 Å². The van der Waals surface area contributed by atoms with Crippen molar-refractivity contribution in [3.8, 4) is 5.75 Å². The van der Waals surface area contributed by atoms with Gasteiger partial charge in [-0.1, -0.05) is 12.1 Å². The molecule has 6 heteroatoms. The van der Waals surface area contributed by atoms with Crippen molar-refractivity contribution in [1.29, 1.82) is 0 Å². The molecule has 112 valence electrons. The fourth-order valence-corrected chi connectivity index (χ4v) is 2.59. The topological polar surface area (TPSA) is 88.2 Å². The number of benzene rings is 1. The summed E-state index contributed by atoms with van der Waals surface area (Å²) in [6.45, 7) is 2.49. The van der Waals surface area contributed by atoms with Crippen LogP contribution in [-0.4, -0.2) is 28.6 Å². The second kappa shape index (κ2) is 7.19. The minimum Gasteiger partial charge on any atom is -0.508 e. The summed E-state index contributed by atoms with van der Waals surface area (Å²) in [4.78, 5) is 16.2. The lowest BCUT2D eigenvalue weighted by atomic mass is 10.1. The van der Waals surface area contributed by atoms with Crippen molar-refractivity contribution in [2.24, 2.45) is 5.73 Å². The fourth-order valence-electron chi connectivity index (χ4n) is 1.95. The standard InChI is InChI=1S/C15H19N3O2S/c1-10-18-12(9-21-10)6-7-17-15(20)14(16)8-11-2-4-13(19)5-3-11/h2-5,9,14,19H,6-8,16H2,1H3,(H,17,20). The van der Waals surface area contributed by atoms with Crippen LogP contribution in [0.4, 0.5) is 0 Å². The smallest absolute Gasteiger partial charge is 0.237 e. The van der Waals surface area contributed by atoms with E-state index in [9.17, 15) is 9.90 Å². The number of aromatic hydroxyl groups is 1. The number of amides is 1. The lowest BCUT2D eigenvalue weighted by Gasteiger charge is -2.12. The highest BCUT2D eigenvalue weighted by Gasteiger charge is 2.13. The Morgan fingerprint density at radius 3 is 2.76 bits per heavy atom. The predicted octanol–water partition coefficient (Wildman–Crippen LogP) is 1.39. The predicted molar refractivity (Wildman–Crippen MR) is 83.4 cm³/mol. The molecule has 21 heavy (non-hydrogen) atoms. The van der Waals surface area contributed by atoms with Crippen LogP contribution >= 0.6 is 11.3 Å². The molecule has 0 radical (unpaired) electrons. The first-order valence-corrected chi connectivity index (χ1v) is 7.65. The lowest BCUT2D eigenvalue weighted by Crippen LogP contribution is -2.42. The third-order valence-corrected chi connectivity index (χ3v) is 3.90. The summed E-state index contributed by atoms with van der Waals surface area (Å²) in [5, 5.41) is 15.1. The van der Waals surface area contributed by atoms with Crippen LogP contribution in [-0.2, 0) is 17.6 Å². The lowest BCUT2D eigenvalue weighted by molar-refractivity contribution is -0.122. The van der Waals surface area contributed by atoms with Crippen LogP contribution < -0.4 is 11.1 Å². The minimum absolute atomic E-state index is 0.171. The summed E-state index contributed by atoms with van der Waals surface area (Å²) in [5.74, 6) is 0.0327. The van der Waals surface area contributed by atoms with Gasteiger partial charge in [-0.15, -0.1) is 11.3 Å². The van der Waals surface area contributed by atoms with Crippen molar-refractivity contribution in [2.45, 2.75) is 25.8 Å². The molecule has 0 saturated heterocycles. The Bertz CT molecular complexity index is 595. The van der Waals surface area contributed by atoms with Gasteiger partial charge in [0.05, 0.1) is 16.7 Å². The molecule has 0 spiro atoms. The Morgan fingerprint density at radius 2 is 2.14 bits per heavy atom. The minimum atomic E-state index is -0.591. The Balaban J connectivity index is 1.75. The molecule has 2 aromatic rings. The number of nitrogens with zero attached hydrogens (tertiary/aromatic N) is 1. The highest BCUT2D eigenvalue weighted by Crippen LogP contribution is 2.11. The number of thiazole rings is 1. The van der Waals surface area contributed by atoms with Crippen molar-refractivity contribution in [3.63, 3.8) is 0 Å². The zero-order chi connectivity index (χ0) is 15.2. The molecule has 0 aliphatic rings. The van der Waals surface area contributed by atoms with Gasteiger partial charge in [0.1, 0.15) is 5.75 Å². The van der Waals surface area contributed by atoms with Gasteiger partial charge in [-0.05, 0) is 31.0 Å². The van der Waals surface area contributed by atoms with E-state index in [1.807, 2.05) is 12.3 Å². The third-order valence-electron chi connectivity index (χ3n) is 3.08. The van der Waals surface area contributed by atoms with E-state index in [1.54, 1.807) is 35.6 Å². The summed E-state index contributed by atoms with van der Waals surface area (Å²) >= 11 is 1.60. The number of phenolic OH excluding ortho intramolecular Hbond substituents is 1. The number of rotatable bonds is 6. The zero-order valence-corrected chi connectivity index (χ0v) is 12.7. The first-order chi connectivity index (χ1) is 10.0. The van der Waals surface area contributed by atoms with Crippen molar-refractivity contribution in [3.05, 3.63) is 45.9 Å². The van der Waals surface area contributed by atoms with Crippen LogP contribution in [0.1, 0.15) is 16.3 Å². The van der Waals surface area contributed by atoms with E-state index in [0.717, 1.165) is 16.3 Å². The first kappa shape index (κ1) is 15.5. The monoisotopic (exact) mass is 305 g/mol. The van der Waals surface area contributed by atoms with Gasteiger partial charge in [0, 0.05) is 18.3 Å². The summed E-state index contributed by atoms with van der Waals surface area (Å²) in [7, 11) is 0. The molecule has 0 bridgehead atoms. The molecule has 2 rings (SSSR count). The average molecular weight is 305 g/mol. The maximum atomic E-state index is 11.9. The second-order valence-electron chi connectivity index (χ2n) is 4.88. The number of hydrogen-bond donors (Lipinski definition) is 3. The molecule has 0 aliphatic carbocycles. The fraction of sp³-hybridized carbons (Fsp3) is 0.333. The van der Waals surface area contributed by atoms with Crippen molar-refractivity contribution >= 4 is 17.2 Å². The first-order valence-electron chi connectivity index (χ1n) is 6.77. The largest absolute Gasteiger partial charge is 0.508 e. The molecule has 1 aromatic heterocycles. The molecule has 1 amide bonds. The number of nitrogens with two attached hydrogens (primary N) is 1. The van der Waals surface area contributed by atoms with Gasteiger partial charge < -0.3 is 16.2 Å². The van der Waals surface area contributed by atoms with Crippen LogP contribution in [0.15, 0.2) is 29.6 Å². The molecule has 0 fully saturated rings. The van der Waals surface area contributed by atoms with Crippen molar-refractivity contribution in [1.82, 2.24) is 10.3 Å². The van der Waals surface area contributed by atoms with Crippen LogP contribution in [0.2, 0.25) is 0 Å². The van der Waals surface area contributed by atoms with Gasteiger partial charge >= 0.3 is 0 Å². The average Bonchev–Trinajstić information content (AvgIpc) is 2.87. The van der Waals surface area contributed by atoms with Crippen LogP contribution in [0.25, 0.3) is 0 Å². The number of hydrogen-bond acceptors (Lipinski definition) is 5. The SMILES string of the molecule is Cc1nc(CCNC(=O)C(N)Cc2ccc(O)cc2)cs1. The Morgan fingerprint density at radius 1 is 1.43 bits per heavy atom. The maximum absolute atomic E-state index is 11.9. The molecule has 5 nitrogen and oxygen atoms in total. The zero-order valence-electron chi connectivity index (χ0n) is 11.9. The summed E-state index contributed by atoms with van der Waals surface area (Å²) in [6.07, 6.45) is 1.16. The van der Waals surface area contributed by atoms with E-state index < -0.39 is 6.04 Å². The van der Waals surface area contributed by atoms with E-state index in [-0.39, 0.29) is 11.7 Å². The summed E-state index contributed by atoms with van der Waals surface area (Å²) in [5.41, 5.74) is 7.80. The van der Waals surface area contributed by atoms with Gasteiger partial charge in [0.25, 0.3) is 0 Å². The van der Waals surface area contributed by atoms with E-state index >= 15 is 0 Å². The Hall–Kier alpha value is -1.92. The molecule has 1 unspecified atom stereocenters. The van der Waals surface area contributed by atoms with Gasteiger partial charge in [0.15, 0.2) is 0 Å². The molecular weight excluding hydrogens is 286 g/mol. The molecule has 0 saturated carbocycles. The maximum Gasteiger partial charge on any atom is 0.237 e. The molecule has 1 aromatic carbocycles. The van der Waals surface area contributed by atoms with Gasteiger partial charge in [-0.3, -0.25) is 4.79 Å². The Kier molecular flexibility index (Phi) is 5.30. The third kappa shape index (κ3) is 4.84. The number of carbonyl (C=O) groups is 1. The number of phenols is 1. The molecule has 1 atom stereocenters. The summed E-state index contributed by atoms with van der Waals surface area (Å²) < 4.78 is 0. The van der Waals surface area contributed by atoms with E-state index in [2.05, 4.69) is 10.3 Å². The molecule has 4 N–H and O–H groups in total. The van der Waals surface area contributed by atoms with Crippen molar-refractivity contribution < 1.29 is 9.90 Å². The van der Waals surface area contributed by atoms with Gasteiger partial charge in [0.2, 0.25) is 5.91 Å². The van der Waals surface area contributed by atoms with Gasteiger partial charge in [-0.25, -0.2) is 4.98 Å². The molecular formula is C15H19N3O2S. The second-order valence-corrected chi connectivity index (χ2v) is 5.94. The van der Waals surface area contributed by atoms with Crippen LogP contribution in [0.5, 0.6) is 5.75 Å². The van der Waals surface area contributed by atoms with E-state index in [1.165, 1.54) is 0 Å². The normalized spacial score (nSPS) is 12.1. The van der Waals surface area contributed by atoms with Crippen LogP contribution in [0, 0.1) is 6.92 Å². The number of nitrogens with one attached hydrogen (secondary N) is 1. The highest BCUT2D eigenvalue weighted by atomic mass is 32.1. The Labute approximate surface area is 127 Å². The van der Waals surface area contributed by atoms with Gasteiger partial charge in [-0.2, -0.15) is 0 Å². The molecule has 1 heterocycles. The quantitative estimate of drug-likeness (QED) is 0.752. The van der Waals surface area contributed by atoms with E-state index in [0.29, 0.717) is 19.4 Å². The highest BCUT2D eigenvalue weighted by molar-refractivity contribution is 7.09. The summed E-state index contributed by atoms with van der Waals surface area (Å²) in [6, 6.07) is 6.11. The number of carbonyl (C=O) groups excluding carboxylic acids is 1. The number of aryl methyl sites for hydroxylation is 1. The van der Waals surface area contributed by atoms with E-state index in [4.69, 9.17) is 5.73 Å². The van der Waals surface area contributed by atoms with Crippen molar-refractivity contribution in [2.75, 3.05) is 6.54 Å².